The Labute approximate surface area is 146 Å². The van der Waals surface area contributed by atoms with Gasteiger partial charge in [-0.15, -0.1) is 0 Å². The van der Waals surface area contributed by atoms with Crippen molar-refractivity contribution in [1.82, 2.24) is 5.32 Å². The van der Waals surface area contributed by atoms with Gasteiger partial charge < -0.3 is 10.2 Å². The summed E-state index contributed by atoms with van der Waals surface area (Å²) in [5, 5.41) is 6.40. The van der Waals surface area contributed by atoms with Crippen LogP contribution in [0.25, 0.3) is 0 Å². The fourth-order valence-electron chi connectivity index (χ4n) is 2.47. The summed E-state index contributed by atoms with van der Waals surface area (Å²) in [4.78, 5) is 17.2. The van der Waals surface area contributed by atoms with E-state index in [2.05, 4.69) is 10.5 Å². The van der Waals surface area contributed by atoms with Crippen LogP contribution in [0.4, 0.5) is 17.6 Å². The maximum atomic E-state index is 13.2. The van der Waals surface area contributed by atoms with Crippen molar-refractivity contribution in [2.75, 3.05) is 0 Å². The van der Waals surface area contributed by atoms with E-state index in [9.17, 15) is 22.4 Å². The predicted octanol–water partition coefficient (Wildman–Crippen LogP) is 3.65. The maximum Gasteiger partial charge on any atom is 0.416 e. The van der Waals surface area contributed by atoms with Gasteiger partial charge in [-0.2, -0.15) is 13.2 Å². The van der Waals surface area contributed by atoms with Crippen molar-refractivity contribution in [3.8, 4) is 0 Å². The minimum Gasteiger partial charge on any atom is -0.382 e. The number of hydrogen-bond acceptors (Lipinski definition) is 3. The molecule has 0 saturated carbocycles. The summed E-state index contributed by atoms with van der Waals surface area (Å²) in [6, 6.07) is 10.3. The van der Waals surface area contributed by atoms with E-state index in [1.54, 1.807) is 6.07 Å². The maximum absolute atomic E-state index is 13.2. The van der Waals surface area contributed by atoms with Crippen molar-refractivity contribution in [2.24, 2.45) is 5.16 Å². The highest BCUT2D eigenvalue weighted by molar-refractivity contribution is 6.04. The molecule has 1 atom stereocenters. The Balaban J connectivity index is 1.53. The number of carbonyl (C=O) groups excluding carboxylic acids is 1. The van der Waals surface area contributed by atoms with Crippen LogP contribution in [0, 0.1) is 5.82 Å². The number of benzene rings is 2. The molecule has 4 nitrogen and oxygen atoms in total. The fraction of sp³-hybridized carbons (Fsp3) is 0.222. The highest BCUT2D eigenvalue weighted by Gasteiger charge is 2.30. The number of carbonyl (C=O) groups is 1. The van der Waals surface area contributed by atoms with E-state index >= 15 is 0 Å². The second-order valence-electron chi connectivity index (χ2n) is 5.76. The minimum atomic E-state index is -4.40. The number of rotatable bonds is 4. The Kier molecular flexibility index (Phi) is 4.92. The first kappa shape index (κ1) is 17.9. The van der Waals surface area contributed by atoms with Crippen LogP contribution >= 0.6 is 0 Å². The Bertz CT molecular complexity index is 832. The average Bonchev–Trinajstić information content (AvgIpc) is 3.09. The van der Waals surface area contributed by atoms with Crippen LogP contribution in [0.3, 0.4) is 0 Å². The Hall–Kier alpha value is -2.90. The SMILES string of the molecule is O=C(NCc1ccc(C(F)(F)F)cc1)C1CC(c2cccc(F)c2)=NO1. The molecule has 0 fully saturated rings. The molecular weight excluding hydrogens is 352 g/mol. The van der Waals surface area contributed by atoms with Gasteiger partial charge in [0.25, 0.3) is 5.91 Å². The van der Waals surface area contributed by atoms with Crippen LogP contribution in [0.5, 0.6) is 0 Å². The van der Waals surface area contributed by atoms with Crippen LogP contribution in [-0.4, -0.2) is 17.7 Å². The molecule has 0 bridgehead atoms. The summed E-state index contributed by atoms with van der Waals surface area (Å²) in [7, 11) is 0. The van der Waals surface area contributed by atoms with Gasteiger partial charge >= 0.3 is 6.18 Å². The van der Waals surface area contributed by atoms with Gasteiger partial charge in [-0.05, 0) is 29.8 Å². The molecule has 8 heteroatoms. The number of nitrogens with zero attached hydrogens (tertiary/aromatic N) is 1. The molecule has 0 saturated heterocycles. The van der Waals surface area contributed by atoms with Gasteiger partial charge in [-0.3, -0.25) is 4.79 Å². The van der Waals surface area contributed by atoms with Crippen molar-refractivity contribution >= 4 is 11.6 Å². The highest BCUT2D eigenvalue weighted by Crippen LogP contribution is 2.29. The zero-order valence-corrected chi connectivity index (χ0v) is 13.4. The zero-order valence-electron chi connectivity index (χ0n) is 13.4. The molecule has 0 aromatic heterocycles. The lowest BCUT2D eigenvalue weighted by atomic mass is 10.0. The van der Waals surface area contributed by atoms with Gasteiger partial charge in [0.1, 0.15) is 5.82 Å². The molecule has 2 aromatic rings. The van der Waals surface area contributed by atoms with Gasteiger partial charge in [0, 0.05) is 18.5 Å². The molecule has 0 spiro atoms. The van der Waals surface area contributed by atoms with E-state index in [1.807, 2.05) is 0 Å². The summed E-state index contributed by atoms with van der Waals surface area (Å²) < 4.78 is 50.8. The smallest absolute Gasteiger partial charge is 0.382 e. The van der Waals surface area contributed by atoms with Gasteiger partial charge in [-0.1, -0.05) is 29.4 Å². The van der Waals surface area contributed by atoms with Crippen LogP contribution < -0.4 is 5.32 Å². The molecule has 0 aliphatic carbocycles. The normalized spacial score (nSPS) is 16.8. The van der Waals surface area contributed by atoms with E-state index in [0.29, 0.717) is 16.8 Å². The van der Waals surface area contributed by atoms with Crippen molar-refractivity contribution in [1.29, 1.82) is 0 Å². The first-order valence-electron chi connectivity index (χ1n) is 7.75. The summed E-state index contributed by atoms with van der Waals surface area (Å²) in [6.07, 6.45) is -5.07. The van der Waals surface area contributed by atoms with Crippen molar-refractivity contribution in [3.05, 3.63) is 71.0 Å². The Morgan fingerprint density at radius 3 is 2.58 bits per heavy atom. The monoisotopic (exact) mass is 366 g/mol. The number of halogens is 4. The first-order valence-corrected chi connectivity index (χ1v) is 7.75. The van der Waals surface area contributed by atoms with E-state index in [-0.39, 0.29) is 13.0 Å². The molecule has 1 amide bonds. The van der Waals surface area contributed by atoms with Crippen LogP contribution in [0.1, 0.15) is 23.1 Å². The topological polar surface area (TPSA) is 50.7 Å². The van der Waals surface area contributed by atoms with E-state index in [0.717, 1.165) is 12.1 Å². The molecule has 1 N–H and O–H groups in total. The summed E-state index contributed by atoms with van der Waals surface area (Å²) in [5.41, 5.74) is 0.762. The van der Waals surface area contributed by atoms with Gasteiger partial charge in [0.15, 0.2) is 0 Å². The molecule has 136 valence electrons. The lowest BCUT2D eigenvalue weighted by Crippen LogP contribution is -2.34. The molecule has 26 heavy (non-hydrogen) atoms. The minimum absolute atomic E-state index is 0.0616. The van der Waals surface area contributed by atoms with E-state index in [4.69, 9.17) is 4.84 Å². The molecule has 1 aliphatic heterocycles. The number of oxime groups is 1. The molecule has 1 aliphatic rings. The van der Waals surface area contributed by atoms with Crippen molar-refractivity contribution in [3.63, 3.8) is 0 Å². The molecule has 1 heterocycles. The van der Waals surface area contributed by atoms with Crippen LogP contribution in [-0.2, 0) is 22.4 Å². The fourth-order valence-corrected chi connectivity index (χ4v) is 2.47. The summed E-state index contributed by atoms with van der Waals surface area (Å²) in [5.74, 6) is -0.861. The molecule has 1 unspecified atom stereocenters. The summed E-state index contributed by atoms with van der Waals surface area (Å²) in [6.45, 7) is 0.0616. The Morgan fingerprint density at radius 2 is 1.92 bits per heavy atom. The third-order valence-electron chi connectivity index (χ3n) is 3.87. The number of amides is 1. The highest BCUT2D eigenvalue weighted by atomic mass is 19.4. The lowest BCUT2D eigenvalue weighted by molar-refractivity contribution is -0.137. The second-order valence-corrected chi connectivity index (χ2v) is 5.76. The standard InChI is InChI=1S/C18H14F4N2O2/c19-14-3-1-2-12(8-14)15-9-16(26-24-15)17(25)23-10-11-4-6-13(7-5-11)18(20,21)22/h1-8,16H,9-10H2,(H,23,25). The average molecular weight is 366 g/mol. The number of alkyl halides is 3. The second kappa shape index (κ2) is 7.15. The Morgan fingerprint density at radius 1 is 1.19 bits per heavy atom. The molecule has 3 rings (SSSR count). The van der Waals surface area contributed by atoms with Crippen molar-refractivity contribution < 1.29 is 27.2 Å². The lowest BCUT2D eigenvalue weighted by Gasteiger charge is -2.11. The van der Waals surface area contributed by atoms with E-state index < -0.39 is 29.6 Å². The zero-order chi connectivity index (χ0) is 18.7. The molecular formula is C18H14F4N2O2. The number of hydrogen-bond donors (Lipinski definition) is 1. The van der Waals surface area contributed by atoms with Gasteiger partial charge in [0.05, 0.1) is 11.3 Å². The van der Waals surface area contributed by atoms with Crippen LogP contribution in [0.15, 0.2) is 53.7 Å². The quantitative estimate of drug-likeness (QED) is 0.840. The summed E-state index contributed by atoms with van der Waals surface area (Å²) >= 11 is 0. The first-order chi connectivity index (χ1) is 12.3. The largest absolute Gasteiger partial charge is 0.416 e. The van der Waals surface area contributed by atoms with Crippen LogP contribution in [0.2, 0.25) is 0 Å². The predicted molar refractivity (Wildman–Crippen MR) is 85.7 cm³/mol. The third-order valence-corrected chi connectivity index (χ3v) is 3.87. The van der Waals surface area contributed by atoms with E-state index in [1.165, 1.54) is 30.3 Å². The van der Waals surface area contributed by atoms with Crippen molar-refractivity contribution in [2.45, 2.75) is 25.2 Å². The van der Waals surface area contributed by atoms with Gasteiger partial charge in [-0.25, -0.2) is 4.39 Å². The molecule has 2 aromatic carbocycles. The molecule has 0 radical (unpaired) electrons. The van der Waals surface area contributed by atoms with Gasteiger partial charge in [0.2, 0.25) is 6.10 Å². The third kappa shape index (κ3) is 4.19. The number of nitrogens with one attached hydrogen (secondary N) is 1.